The lowest BCUT2D eigenvalue weighted by Gasteiger charge is -2.23. The van der Waals surface area contributed by atoms with Crippen molar-refractivity contribution < 1.29 is 129 Å². The molecular formula is C66H112N18O27S2. The first-order chi connectivity index (χ1) is 54.3. The monoisotopic (exact) mass is 1650 g/mol. The summed E-state index contributed by atoms with van der Waals surface area (Å²) >= 11 is 5.41. The number of carbonyl (C=O) groups is 15. The van der Waals surface area contributed by atoms with Crippen molar-refractivity contribution in [3.63, 3.8) is 0 Å². The molecule has 0 aliphatic rings. The van der Waals surface area contributed by atoms with Crippen molar-refractivity contribution >= 4 is 119 Å². The summed E-state index contributed by atoms with van der Waals surface area (Å²) in [5.74, 6) is -7.57. The van der Waals surface area contributed by atoms with Crippen LogP contribution in [-0.2, 0) is 131 Å². The highest BCUT2D eigenvalue weighted by Crippen LogP contribution is 2.08. The Balaban J connectivity index is 2.63. The SMILES string of the molecule is CSCC(=O)N[C@@H](CCCCNC(=O)COCC(=O)NCCOCCOCCOCCOCCOCCNC(=O)CON)C(=O)N[C@@H](S)C(=O)N[C@@H](CCCNC(=N)N)C(=O)NCC(=O)N[C@@H](CC(=O)O)C(=O)NCC(=O)N[C@@H](Cc1ccccc1)C(=O)NCC(=O)NCCOCCOCCOCCNC(=O)COCC(N)=O. The third-order valence-corrected chi connectivity index (χ3v) is 15.1. The molecule has 0 aromatic heterocycles. The Labute approximate surface area is 662 Å². The second kappa shape index (κ2) is 67.3. The van der Waals surface area contributed by atoms with Crippen LogP contribution >= 0.6 is 24.4 Å². The van der Waals surface area contributed by atoms with Crippen molar-refractivity contribution in [1.29, 1.82) is 5.41 Å². The number of carboxylic acids is 1. The predicted molar refractivity (Wildman–Crippen MR) is 404 cm³/mol. The van der Waals surface area contributed by atoms with E-state index in [0.717, 1.165) is 0 Å². The number of carbonyl (C=O) groups excluding carboxylic acids is 14. The number of hydrogen-bond donors (Lipinski definition) is 20. The minimum atomic E-state index is -1.83. The molecule has 1 aromatic rings. The molecule has 113 heavy (non-hydrogen) atoms. The number of primary amides is 1. The van der Waals surface area contributed by atoms with E-state index in [4.69, 9.17) is 70.1 Å². The molecule has 22 N–H and O–H groups in total. The Kier molecular flexibility index (Phi) is 60.6. The number of benzene rings is 1. The van der Waals surface area contributed by atoms with Gasteiger partial charge in [0.15, 0.2) is 11.3 Å². The van der Waals surface area contributed by atoms with Crippen LogP contribution in [-0.4, -0.2) is 339 Å². The van der Waals surface area contributed by atoms with Crippen LogP contribution in [0.25, 0.3) is 0 Å². The average Bonchev–Trinajstić information content (AvgIpc) is 0.841. The van der Waals surface area contributed by atoms with Gasteiger partial charge in [0, 0.05) is 45.7 Å². The van der Waals surface area contributed by atoms with Crippen LogP contribution in [0.15, 0.2) is 30.3 Å². The van der Waals surface area contributed by atoms with Gasteiger partial charge in [-0.3, -0.25) is 82.2 Å². The van der Waals surface area contributed by atoms with E-state index in [0.29, 0.717) is 71.4 Å². The number of rotatable bonds is 71. The summed E-state index contributed by atoms with van der Waals surface area (Å²) in [6, 6.07) is 2.66. The molecule has 0 aliphatic carbocycles. The van der Waals surface area contributed by atoms with Crippen molar-refractivity contribution in [3.05, 3.63) is 35.9 Å². The van der Waals surface area contributed by atoms with Crippen molar-refractivity contribution in [2.24, 2.45) is 17.4 Å². The van der Waals surface area contributed by atoms with Crippen LogP contribution in [0.4, 0.5) is 0 Å². The van der Waals surface area contributed by atoms with Crippen LogP contribution < -0.4 is 91.8 Å². The Morgan fingerprint density at radius 2 is 0.779 bits per heavy atom. The summed E-state index contributed by atoms with van der Waals surface area (Å²) in [7, 11) is 0. The Morgan fingerprint density at radius 3 is 1.23 bits per heavy atom. The predicted octanol–water partition coefficient (Wildman–Crippen LogP) is -9.72. The highest BCUT2D eigenvalue weighted by Gasteiger charge is 2.30. The highest BCUT2D eigenvalue weighted by molar-refractivity contribution is 7.99. The summed E-state index contributed by atoms with van der Waals surface area (Å²) in [6.07, 6.45) is 1.12. The van der Waals surface area contributed by atoms with Crippen LogP contribution in [0.2, 0.25) is 0 Å². The molecule has 5 atom stereocenters. The number of thioether (sulfide) groups is 1. The number of amides is 14. The minimum Gasteiger partial charge on any atom is -0.481 e. The van der Waals surface area contributed by atoms with Crippen molar-refractivity contribution in [3.8, 4) is 0 Å². The molecule has 0 aliphatic heterocycles. The van der Waals surface area contributed by atoms with Gasteiger partial charge in [0.25, 0.3) is 5.91 Å². The van der Waals surface area contributed by atoms with E-state index < -0.39 is 158 Å². The molecule has 0 saturated carbocycles. The first-order valence-corrected chi connectivity index (χ1v) is 37.8. The lowest BCUT2D eigenvalue weighted by atomic mass is 10.1. The maximum Gasteiger partial charge on any atom is 0.305 e. The Bertz CT molecular complexity index is 3020. The largest absolute Gasteiger partial charge is 0.481 e. The number of aliphatic carboxylic acids is 1. The van der Waals surface area contributed by atoms with Gasteiger partial charge in [0.1, 0.15) is 57.2 Å². The summed E-state index contributed by atoms with van der Waals surface area (Å²) in [5.41, 5.74) is 10.9. The number of hydrogen-bond acceptors (Lipinski definition) is 30. The van der Waals surface area contributed by atoms with Gasteiger partial charge >= 0.3 is 5.97 Å². The first kappa shape index (κ1) is 102. The first-order valence-electron chi connectivity index (χ1n) is 35.9. The molecule has 0 bridgehead atoms. The maximum absolute atomic E-state index is 13.6. The molecule has 45 nitrogen and oxygen atoms in total. The number of guanidine groups is 1. The van der Waals surface area contributed by atoms with Crippen molar-refractivity contribution in [1.82, 2.24) is 74.4 Å². The van der Waals surface area contributed by atoms with Gasteiger partial charge < -0.3 is 138 Å². The second-order valence-corrected chi connectivity index (χ2v) is 25.0. The number of nitrogens with two attached hydrogens (primary N) is 3. The number of thiol groups is 1. The van der Waals surface area contributed by atoms with Crippen LogP contribution in [0, 0.1) is 5.41 Å². The van der Waals surface area contributed by atoms with Crippen molar-refractivity contribution in [2.45, 2.75) is 74.5 Å². The molecule has 0 heterocycles. The molecule has 0 saturated heterocycles. The van der Waals surface area contributed by atoms with Gasteiger partial charge in [-0.2, -0.15) is 11.8 Å². The smallest absolute Gasteiger partial charge is 0.305 e. The zero-order valence-electron chi connectivity index (χ0n) is 63.3. The molecule has 47 heteroatoms. The molecule has 0 fully saturated rings. The quantitative estimate of drug-likeness (QED) is 0.00719. The minimum absolute atomic E-state index is 0.0236. The van der Waals surface area contributed by atoms with E-state index in [1.807, 2.05) is 0 Å². The maximum atomic E-state index is 13.6. The fourth-order valence-electron chi connectivity index (χ4n) is 8.89. The molecular weight excluding hydrogens is 1540 g/mol. The molecule has 1 aromatic carbocycles. The summed E-state index contributed by atoms with van der Waals surface area (Å²) < 4.78 is 53.2. The van der Waals surface area contributed by atoms with Gasteiger partial charge in [0.05, 0.1) is 138 Å². The number of nitrogens with one attached hydrogen (secondary N) is 15. The number of ether oxygens (including phenoxy) is 10. The Hall–Kier alpha value is -9.24. The summed E-state index contributed by atoms with van der Waals surface area (Å²) in [5, 5.41) is 49.9. The fourth-order valence-corrected chi connectivity index (χ4v) is 9.44. The van der Waals surface area contributed by atoms with Crippen LogP contribution in [0.5, 0.6) is 0 Å². The van der Waals surface area contributed by atoms with Gasteiger partial charge in [-0.1, -0.05) is 30.3 Å². The normalized spacial score (nSPS) is 12.2. The van der Waals surface area contributed by atoms with Crippen LogP contribution in [0.1, 0.15) is 44.1 Å². The standard InChI is InChI=1S/C66H112N18O27S2/c1-113-44-58(93)80-47(10-5-6-12-71-54(89)41-110-42-56(91)74-16-20-103-24-28-106-30-32-108-33-31-107-29-25-104-21-17-75-57(92)43-111-70)63(99)84-65(112)64(100)83-46(11-7-13-76-66(68)69)60(96)78-37-53(88)82-49(35-59(94)95)62(98)79-38-52(87)81-48(34-45-8-3-2-4-9-45)61(97)77-36-51(86)72-14-18-101-22-26-105-27-23-102-19-15-73-55(90)40-109-39-50(67)85/h2-4,8-9,46-49,65,112H,5-7,10-44,70H2,1H3,(H2,67,85)(H,71,89)(H,72,86)(H,73,90)(H,74,91)(H,75,92)(H,77,97)(H,78,96)(H,79,98)(H,80,93)(H,81,87)(H,82,88)(H,83,100)(H,84,99)(H,94,95)(H4,68,69,76)/t46-,47-,48-,49-,65-/m0/s1. The average molecular weight is 1650 g/mol. The zero-order chi connectivity index (χ0) is 83.5. The molecule has 640 valence electrons. The number of carboxylic acid groups (broad SMARTS) is 1. The van der Waals surface area contributed by atoms with Gasteiger partial charge in [-0.15, -0.1) is 12.6 Å². The van der Waals surface area contributed by atoms with Crippen LogP contribution in [0.3, 0.4) is 0 Å². The molecule has 0 unspecified atom stereocenters. The van der Waals surface area contributed by atoms with E-state index in [2.05, 4.69) is 91.9 Å². The lowest BCUT2D eigenvalue weighted by molar-refractivity contribution is -0.141. The van der Waals surface area contributed by atoms with Gasteiger partial charge in [-0.05, 0) is 43.9 Å². The zero-order valence-corrected chi connectivity index (χ0v) is 65.0. The summed E-state index contributed by atoms with van der Waals surface area (Å²) in [6.45, 7) is 1.30. The third kappa shape index (κ3) is 59.2. The molecule has 1 rings (SSSR count). The van der Waals surface area contributed by atoms with E-state index in [1.165, 1.54) is 11.8 Å². The molecule has 0 spiro atoms. The van der Waals surface area contributed by atoms with Gasteiger partial charge in [0.2, 0.25) is 76.8 Å². The van der Waals surface area contributed by atoms with E-state index in [1.54, 1.807) is 36.6 Å². The Morgan fingerprint density at radius 1 is 0.398 bits per heavy atom. The fraction of sp³-hybridized carbons (Fsp3) is 0.667. The molecule has 14 amide bonds. The number of unbranched alkanes of at least 4 members (excludes halogenated alkanes) is 1. The van der Waals surface area contributed by atoms with E-state index >= 15 is 0 Å². The lowest BCUT2D eigenvalue weighted by Crippen LogP contribution is -2.56. The topological polar surface area (TPSA) is 648 Å². The van der Waals surface area contributed by atoms with E-state index in [-0.39, 0.29) is 149 Å². The second-order valence-electron chi connectivity index (χ2n) is 23.6. The van der Waals surface area contributed by atoms with Crippen molar-refractivity contribution in [2.75, 3.05) is 210 Å². The van der Waals surface area contributed by atoms with E-state index in [9.17, 15) is 77.0 Å². The van der Waals surface area contributed by atoms with Gasteiger partial charge in [-0.25, -0.2) is 5.90 Å². The third-order valence-electron chi connectivity index (χ3n) is 14.2. The molecule has 0 radical (unpaired) electrons. The summed E-state index contributed by atoms with van der Waals surface area (Å²) in [4.78, 5) is 194. The highest BCUT2D eigenvalue weighted by atomic mass is 32.2.